The molecule has 72 valence electrons. The zero-order valence-corrected chi connectivity index (χ0v) is 10.7. The molecule has 5 nitrogen and oxygen atoms in total. The molecule has 0 aromatic carbocycles. The van der Waals surface area contributed by atoms with Gasteiger partial charge >= 0.3 is 45.6 Å². The van der Waals surface area contributed by atoms with Gasteiger partial charge in [0.25, 0.3) is 0 Å². The Morgan fingerprint density at radius 3 is 2.31 bits per heavy atom. The second-order valence-electron chi connectivity index (χ2n) is 1.76. The quantitative estimate of drug-likeness (QED) is 0.220. The van der Waals surface area contributed by atoms with Crippen LogP contribution in [-0.2, 0) is 23.8 Å². The third kappa shape index (κ3) is 4.78. The van der Waals surface area contributed by atoms with Crippen molar-refractivity contribution in [3.63, 3.8) is 0 Å². The average Bonchev–Trinajstić information content (AvgIpc) is 2.03. The molecule has 0 unspecified atom stereocenters. The summed E-state index contributed by atoms with van der Waals surface area (Å²) < 4.78 is 30.0. The molecular formula is C6H11NaO5S. The van der Waals surface area contributed by atoms with E-state index in [-0.39, 0.29) is 37.6 Å². The molecule has 0 aliphatic heterocycles. The van der Waals surface area contributed by atoms with E-state index in [1.165, 1.54) is 0 Å². The summed E-state index contributed by atoms with van der Waals surface area (Å²) in [6.07, 6.45) is 0. The smallest absolute Gasteiger partial charge is 1.00 e. The van der Waals surface area contributed by atoms with Crippen molar-refractivity contribution < 1.29 is 53.1 Å². The number of ether oxygens (including phenoxy) is 1. The van der Waals surface area contributed by atoms with Gasteiger partial charge in [0.1, 0.15) is 0 Å². The zero-order valence-electron chi connectivity index (χ0n) is 8.86. The minimum absolute atomic E-state index is 0. The Balaban J connectivity index is -0.000000605. The van der Waals surface area contributed by atoms with Gasteiger partial charge in [0.15, 0.2) is 4.91 Å². The minimum Gasteiger partial charge on any atom is -1.00 e. The van der Waals surface area contributed by atoms with Gasteiger partial charge in [0.2, 0.25) is 0 Å². The monoisotopic (exact) mass is 218 g/mol. The SMILES string of the molecule is C=C(C(=O)OCC)S(=O)(=O)OC.[H-].[Na+]. The fraction of sp³-hybridized carbons (Fsp3) is 0.500. The molecule has 0 bridgehead atoms. The van der Waals surface area contributed by atoms with Crippen molar-refractivity contribution in [2.24, 2.45) is 0 Å². The van der Waals surface area contributed by atoms with Crippen molar-refractivity contribution >= 4 is 16.1 Å². The van der Waals surface area contributed by atoms with E-state index in [4.69, 9.17) is 0 Å². The van der Waals surface area contributed by atoms with Crippen LogP contribution in [0.4, 0.5) is 0 Å². The van der Waals surface area contributed by atoms with Crippen molar-refractivity contribution in [1.29, 1.82) is 0 Å². The molecule has 7 heteroatoms. The van der Waals surface area contributed by atoms with Gasteiger partial charge in [-0.05, 0) is 6.92 Å². The predicted octanol–water partition coefficient (Wildman–Crippen LogP) is -2.84. The van der Waals surface area contributed by atoms with Gasteiger partial charge in [0, 0.05) is 0 Å². The fourth-order valence-corrected chi connectivity index (χ4v) is 0.878. The van der Waals surface area contributed by atoms with E-state index in [0.717, 1.165) is 7.11 Å². The maximum absolute atomic E-state index is 10.8. The number of hydrogen-bond acceptors (Lipinski definition) is 5. The molecule has 0 saturated carbocycles. The van der Waals surface area contributed by atoms with E-state index in [2.05, 4.69) is 15.5 Å². The van der Waals surface area contributed by atoms with E-state index in [9.17, 15) is 13.2 Å². The number of esters is 1. The molecule has 0 aliphatic rings. The van der Waals surface area contributed by atoms with E-state index in [1.54, 1.807) is 6.92 Å². The second-order valence-corrected chi connectivity index (χ2v) is 3.50. The van der Waals surface area contributed by atoms with Gasteiger partial charge in [0.05, 0.1) is 13.7 Å². The summed E-state index contributed by atoms with van der Waals surface area (Å²) in [5, 5.41) is 0. The topological polar surface area (TPSA) is 69.7 Å². The third-order valence-corrected chi connectivity index (χ3v) is 2.23. The van der Waals surface area contributed by atoms with E-state index >= 15 is 0 Å². The zero-order chi connectivity index (χ0) is 9.78. The van der Waals surface area contributed by atoms with Gasteiger partial charge < -0.3 is 6.16 Å². The first-order chi connectivity index (χ1) is 5.45. The van der Waals surface area contributed by atoms with Crippen LogP contribution in [0.1, 0.15) is 8.35 Å². The van der Waals surface area contributed by atoms with Crippen LogP contribution in [0.5, 0.6) is 0 Å². The summed E-state index contributed by atoms with van der Waals surface area (Å²) in [5.74, 6) is -0.987. The summed E-state index contributed by atoms with van der Waals surface area (Å²) >= 11 is 0. The summed E-state index contributed by atoms with van der Waals surface area (Å²) in [4.78, 5) is 10.1. The summed E-state index contributed by atoms with van der Waals surface area (Å²) in [6, 6.07) is 0. The van der Waals surface area contributed by atoms with Crippen LogP contribution >= 0.6 is 0 Å². The van der Waals surface area contributed by atoms with E-state index in [0.29, 0.717) is 0 Å². The molecule has 0 atom stereocenters. The van der Waals surface area contributed by atoms with Gasteiger partial charge in [-0.3, -0.25) is 4.18 Å². The van der Waals surface area contributed by atoms with Crippen LogP contribution in [0.3, 0.4) is 0 Å². The van der Waals surface area contributed by atoms with Crippen LogP contribution in [0.25, 0.3) is 0 Å². The largest absolute Gasteiger partial charge is 1.00 e. The fourth-order valence-electron chi connectivity index (χ4n) is 0.414. The van der Waals surface area contributed by atoms with E-state index < -0.39 is 21.0 Å². The Kier molecular flexibility index (Phi) is 7.86. The normalized spacial score (nSPS) is 10.0. The number of carbonyl (C=O) groups is 1. The van der Waals surface area contributed by atoms with Crippen molar-refractivity contribution in [2.45, 2.75) is 6.92 Å². The average molecular weight is 218 g/mol. The van der Waals surface area contributed by atoms with Gasteiger partial charge in [-0.2, -0.15) is 8.42 Å². The third-order valence-electron chi connectivity index (χ3n) is 1.02. The first kappa shape index (κ1) is 15.6. The standard InChI is InChI=1S/C6H10O5S.Na.H/c1-4-11-6(7)5(2)12(8,9)10-3;;/h2,4H2,1,3H3;;/q;+1;-1. The number of carbonyl (C=O) groups excluding carboxylic acids is 1. The van der Waals surface area contributed by atoms with Gasteiger partial charge in [-0.25, -0.2) is 4.79 Å². The molecule has 0 N–H and O–H groups in total. The van der Waals surface area contributed by atoms with Gasteiger partial charge in [-0.1, -0.05) is 6.58 Å². The Morgan fingerprint density at radius 1 is 1.54 bits per heavy atom. The predicted molar refractivity (Wildman–Crippen MR) is 42.8 cm³/mol. The van der Waals surface area contributed by atoms with Crippen molar-refractivity contribution in [3.05, 3.63) is 11.5 Å². The number of hydrogen-bond donors (Lipinski definition) is 0. The molecule has 13 heavy (non-hydrogen) atoms. The van der Waals surface area contributed by atoms with Crippen molar-refractivity contribution in [2.75, 3.05) is 13.7 Å². The Morgan fingerprint density at radius 2 is 2.00 bits per heavy atom. The maximum Gasteiger partial charge on any atom is 1.00 e. The number of rotatable bonds is 4. The summed E-state index contributed by atoms with van der Waals surface area (Å²) in [6.45, 7) is 4.68. The Hall–Kier alpha value is 0.120. The summed E-state index contributed by atoms with van der Waals surface area (Å²) in [5.41, 5.74) is 0. The second kappa shape index (κ2) is 6.56. The Labute approximate surface area is 101 Å². The maximum atomic E-state index is 10.8. The molecule has 0 aromatic rings. The van der Waals surface area contributed by atoms with Crippen molar-refractivity contribution in [1.82, 2.24) is 0 Å². The minimum atomic E-state index is -3.99. The molecular weight excluding hydrogens is 207 g/mol. The summed E-state index contributed by atoms with van der Waals surface area (Å²) in [7, 11) is -3.04. The molecule has 0 aromatic heterocycles. The molecule has 0 spiro atoms. The van der Waals surface area contributed by atoms with Crippen LogP contribution < -0.4 is 29.6 Å². The Bertz CT molecular complexity index is 287. The van der Waals surface area contributed by atoms with E-state index in [1.807, 2.05) is 0 Å². The molecule has 0 aliphatic carbocycles. The molecule has 0 rings (SSSR count). The van der Waals surface area contributed by atoms with Gasteiger partial charge in [-0.15, -0.1) is 0 Å². The first-order valence-corrected chi connectivity index (χ1v) is 4.53. The molecule has 0 saturated heterocycles. The van der Waals surface area contributed by atoms with Crippen LogP contribution in [-0.4, -0.2) is 28.1 Å². The van der Waals surface area contributed by atoms with Crippen LogP contribution in [0.2, 0.25) is 0 Å². The van der Waals surface area contributed by atoms with Crippen molar-refractivity contribution in [3.8, 4) is 0 Å². The molecule has 0 radical (unpaired) electrons. The first-order valence-electron chi connectivity index (χ1n) is 3.12. The van der Waals surface area contributed by atoms with Crippen LogP contribution in [0, 0.1) is 0 Å². The van der Waals surface area contributed by atoms with Crippen LogP contribution in [0.15, 0.2) is 11.5 Å². The molecule has 0 amide bonds. The molecule has 0 heterocycles. The molecule has 0 fully saturated rings.